The van der Waals surface area contributed by atoms with Crippen LogP contribution in [0.1, 0.15) is 24.8 Å². The number of benzene rings is 1. The van der Waals surface area contributed by atoms with Crippen LogP contribution in [0.25, 0.3) is 0 Å². The first-order chi connectivity index (χ1) is 9.56. The molecule has 1 aliphatic rings. The van der Waals surface area contributed by atoms with Crippen molar-refractivity contribution in [3.8, 4) is 0 Å². The maximum absolute atomic E-state index is 12.0. The lowest BCUT2D eigenvalue weighted by Gasteiger charge is -2.22. The molecule has 1 aromatic carbocycles. The van der Waals surface area contributed by atoms with Crippen molar-refractivity contribution in [2.24, 2.45) is 5.92 Å². The molecule has 1 fully saturated rings. The number of carbonyl (C=O) groups excluding carboxylic acids is 1. The van der Waals surface area contributed by atoms with Crippen LogP contribution in [0.5, 0.6) is 0 Å². The standard InChI is InChI=1S/C14H19N3O3/c1-10-2-3-12(17(19)20)9-13(10)16-14(18)8-11-4-6-15-7-5-11/h2-3,9,11,15H,4-8H2,1H3,(H,16,18). The zero-order valence-corrected chi connectivity index (χ0v) is 11.5. The smallest absolute Gasteiger partial charge is 0.271 e. The third-order valence-corrected chi connectivity index (χ3v) is 3.64. The Balaban J connectivity index is 1.99. The predicted octanol–water partition coefficient (Wildman–Crippen LogP) is 2.23. The lowest BCUT2D eigenvalue weighted by molar-refractivity contribution is -0.384. The number of nitro groups is 1. The number of anilines is 1. The van der Waals surface area contributed by atoms with Crippen molar-refractivity contribution < 1.29 is 9.72 Å². The van der Waals surface area contributed by atoms with Gasteiger partial charge in [0.1, 0.15) is 0 Å². The Labute approximate surface area is 117 Å². The van der Waals surface area contributed by atoms with Gasteiger partial charge < -0.3 is 10.6 Å². The Morgan fingerprint density at radius 2 is 2.15 bits per heavy atom. The fourth-order valence-corrected chi connectivity index (χ4v) is 2.41. The molecule has 2 N–H and O–H groups in total. The van der Waals surface area contributed by atoms with Gasteiger partial charge in [-0.1, -0.05) is 6.07 Å². The van der Waals surface area contributed by atoms with E-state index in [0.717, 1.165) is 31.5 Å². The Kier molecular flexibility index (Phi) is 4.68. The van der Waals surface area contributed by atoms with Gasteiger partial charge in [-0.15, -0.1) is 0 Å². The lowest BCUT2D eigenvalue weighted by atomic mass is 9.94. The molecule has 1 amide bonds. The van der Waals surface area contributed by atoms with E-state index < -0.39 is 4.92 Å². The van der Waals surface area contributed by atoms with Gasteiger partial charge in [-0.25, -0.2) is 0 Å². The first-order valence-corrected chi connectivity index (χ1v) is 6.82. The summed E-state index contributed by atoms with van der Waals surface area (Å²) in [5, 5.41) is 16.8. The number of nitrogens with one attached hydrogen (secondary N) is 2. The molecule has 1 saturated heterocycles. The van der Waals surface area contributed by atoms with Crippen LogP contribution in [-0.4, -0.2) is 23.9 Å². The van der Waals surface area contributed by atoms with Crippen LogP contribution >= 0.6 is 0 Å². The Bertz CT molecular complexity index is 510. The number of hydrogen-bond acceptors (Lipinski definition) is 4. The van der Waals surface area contributed by atoms with E-state index in [1.165, 1.54) is 12.1 Å². The minimum absolute atomic E-state index is 0.00670. The molecule has 0 unspecified atom stereocenters. The largest absolute Gasteiger partial charge is 0.326 e. The zero-order chi connectivity index (χ0) is 14.5. The summed E-state index contributed by atoms with van der Waals surface area (Å²) in [6.45, 7) is 3.73. The van der Waals surface area contributed by atoms with Crippen molar-refractivity contribution in [2.75, 3.05) is 18.4 Å². The monoisotopic (exact) mass is 277 g/mol. The van der Waals surface area contributed by atoms with E-state index in [-0.39, 0.29) is 11.6 Å². The molecule has 20 heavy (non-hydrogen) atoms. The second kappa shape index (κ2) is 6.47. The summed E-state index contributed by atoms with van der Waals surface area (Å²) in [7, 11) is 0. The van der Waals surface area contributed by atoms with Crippen LogP contribution in [-0.2, 0) is 4.79 Å². The number of piperidine rings is 1. The number of amides is 1. The van der Waals surface area contributed by atoms with Crippen molar-refractivity contribution in [3.63, 3.8) is 0 Å². The third kappa shape index (κ3) is 3.77. The van der Waals surface area contributed by atoms with Crippen molar-refractivity contribution in [1.29, 1.82) is 0 Å². The quantitative estimate of drug-likeness (QED) is 0.653. The number of aryl methyl sites for hydroxylation is 1. The van der Waals surface area contributed by atoms with Crippen LogP contribution in [0, 0.1) is 23.0 Å². The van der Waals surface area contributed by atoms with Gasteiger partial charge in [0.15, 0.2) is 0 Å². The summed E-state index contributed by atoms with van der Waals surface area (Å²) >= 11 is 0. The normalized spacial score (nSPS) is 15.8. The van der Waals surface area contributed by atoms with E-state index in [1.54, 1.807) is 6.07 Å². The molecule has 2 rings (SSSR count). The summed E-state index contributed by atoms with van der Waals surface area (Å²) in [6, 6.07) is 4.51. The summed E-state index contributed by atoms with van der Waals surface area (Å²) in [5.41, 5.74) is 1.35. The van der Waals surface area contributed by atoms with Crippen LogP contribution in [0.15, 0.2) is 18.2 Å². The van der Waals surface area contributed by atoms with Crippen molar-refractivity contribution in [1.82, 2.24) is 5.32 Å². The average molecular weight is 277 g/mol. The van der Waals surface area contributed by atoms with Gasteiger partial charge in [-0.2, -0.15) is 0 Å². The summed E-state index contributed by atoms with van der Waals surface area (Å²) < 4.78 is 0. The Morgan fingerprint density at radius 3 is 2.80 bits per heavy atom. The topological polar surface area (TPSA) is 84.3 Å². The summed E-state index contributed by atoms with van der Waals surface area (Å²) in [5.74, 6) is 0.329. The molecule has 6 heteroatoms. The second-order valence-corrected chi connectivity index (χ2v) is 5.20. The third-order valence-electron chi connectivity index (χ3n) is 3.64. The van der Waals surface area contributed by atoms with Gasteiger partial charge in [0.2, 0.25) is 5.91 Å². The van der Waals surface area contributed by atoms with E-state index in [2.05, 4.69) is 10.6 Å². The molecule has 0 atom stereocenters. The van der Waals surface area contributed by atoms with E-state index >= 15 is 0 Å². The number of nitrogens with zero attached hydrogens (tertiary/aromatic N) is 1. The molecule has 108 valence electrons. The number of carbonyl (C=O) groups is 1. The molecule has 0 aliphatic carbocycles. The van der Waals surface area contributed by atoms with Gasteiger partial charge in [0.25, 0.3) is 5.69 Å². The molecule has 1 aromatic rings. The molecular weight excluding hydrogens is 258 g/mol. The van der Waals surface area contributed by atoms with E-state index in [0.29, 0.717) is 18.0 Å². The van der Waals surface area contributed by atoms with Gasteiger partial charge in [-0.05, 0) is 44.3 Å². The molecular formula is C14H19N3O3. The van der Waals surface area contributed by atoms with Gasteiger partial charge >= 0.3 is 0 Å². The SMILES string of the molecule is Cc1ccc([N+](=O)[O-])cc1NC(=O)CC1CCNCC1. The van der Waals surface area contributed by atoms with E-state index in [9.17, 15) is 14.9 Å². The fourth-order valence-electron chi connectivity index (χ4n) is 2.41. The molecule has 0 aromatic heterocycles. The van der Waals surface area contributed by atoms with Crippen LogP contribution < -0.4 is 10.6 Å². The highest BCUT2D eigenvalue weighted by Crippen LogP contribution is 2.23. The predicted molar refractivity (Wildman–Crippen MR) is 76.7 cm³/mol. The minimum Gasteiger partial charge on any atom is -0.326 e. The number of rotatable bonds is 4. The molecule has 0 spiro atoms. The molecule has 0 bridgehead atoms. The molecule has 1 heterocycles. The van der Waals surface area contributed by atoms with Crippen LogP contribution in [0.3, 0.4) is 0 Å². The highest BCUT2D eigenvalue weighted by atomic mass is 16.6. The minimum atomic E-state index is -0.456. The first kappa shape index (κ1) is 14.5. The second-order valence-electron chi connectivity index (χ2n) is 5.20. The van der Waals surface area contributed by atoms with Crippen LogP contribution in [0.2, 0.25) is 0 Å². The Hall–Kier alpha value is -1.95. The highest BCUT2D eigenvalue weighted by molar-refractivity contribution is 5.92. The zero-order valence-electron chi connectivity index (χ0n) is 11.5. The van der Waals surface area contributed by atoms with Crippen molar-refractivity contribution >= 4 is 17.3 Å². The lowest BCUT2D eigenvalue weighted by Crippen LogP contribution is -2.30. The van der Waals surface area contributed by atoms with E-state index in [1.807, 2.05) is 6.92 Å². The molecule has 0 saturated carbocycles. The molecule has 1 aliphatic heterocycles. The summed E-state index contributed by atoms with van der Waals surface area (Å²) in [4.78, 5) is 22.3. The maximum Gasteiger partial charge on any atom is 0.271 e. The first-order valence-electron chi connectivity index (χ1n) is 6.82. The Morgan fingerprint density at radius 1 is 1.45 bits per heavy atom. The van der Waals surface area contributed by atoms with Crippen molar-refractivity contribution in [2.45, 2.75) is 26.2 Å². The van der Waals surface area contributed by atoms with Crippen molar-refractivity contribution in [3.05, 3.63) is 33.9 Å². The number of nitro benzene ring substituents is 1. The maximum atomic E-state index is 12.0. The fraction of sp³-hybridized carbons (Fsp3) is 0.500. The molecule has 6 nitrogen and oxygen atoms in total. The van der Waals surface area contributed by atoms with Crippen LogP contribution in [0.4, 0.5) is 11.4 Å². The average Bonchev–Trinajstić information content (AvgIpc) is 2.42. The number of hydrogen-bond donors (Lipinski definition) is 2. The molecule has 0 radical (unpaired) electrons. The van der Waals surface area contributed by atoms with E-state index in [4.69, 9.17) is 0 Å². The highest BCUT2D eigenvalue weighted by Gasteiger charge is 2.18. The summed E-state index contributed by atoms with van der Waals surface area (Å²) in [6.07, 6.45) is 2.48. The van der Waals surface area contributed by atoms with Gasteiger partial charge in [0.05, 0.1) is 10.6 Å². The van der Waals surface area contributed by atoms with Gasteiger partial charge in [-0.3, -0.25) is 14.9 Å². The number of non-ortho nitro benzene ring substituents is 1. The van der Waals surface area contributed by atoms with Gasteiger partial charge in [0, 0.05) is 18.6 Å².